The first-order valence-corrected chi connectivity index (χ1v) is 6.76. The van der Waals surface area contributed by atoms with Gasteiger partial charge in [0.15, 0.2) is 5.72 Å². The molecular weight excluding hydrogens is 232 g/mol. The predicted octanol–water partition coefficient (Wildman–Crippen LogP) is 0.111. The molecule has 2 aliphatic rings. The van der Waals surface area contributed by atoms with Gasteiger partial charge in [-0.2, -0.15) is 5.09 Å². The zero-order valence-electron chi connectivity index (χ0n) is 9.25. The van der Waals surface area contributed by atoms with Crippen molar-refractivity contribution in [3.63, 3.8) is 0 Å². The summed E-state index contributed by atoms with van der Waals surface area (Å²) in [5.74, 6) is 0. The molecule has 4 atom stereocenters. The highest BCUT2D eigenvalue weighted by Crippen LogP contribution is 2.54. The van der Waals surface area contributed by atoms with Crippen molar-refractivity contribution in [1.82, 2.24) is 5.09 Å². The van der Waals surface area contributed by atoms with Crippen LogP contribution in [0.15, 0.2) is 0 Å². The van der Waals surface area contributed by atoms with Crippen LogP contribution < -0.4 is 5.09 Å². The number of rotatable bonds is 3. The largest absolute Gasteiger partial charge is 0.405 e. The summed E-state index contributed by atoms with van der Waals surface area (Å²) >= 11 is 0. The smallest absolute Gasteiger partial charge is 0.374 e. The molecule has 2 rings (SSSR count). The number of ether oxygens (including phenoxy) is 2. The monoisotopic (exact) mass is 247 g/mol. The molecule has 2 N–H and O–H groups in total. The van der Waals surface area contributed by atoms with Crippen LogP contribution in [0.5, 0.6) is 0 Å². The molecule has 0 amide bonds. The third kappa shape index (κ3) is 2.35. The van der Waals surface area contributed by atoms with Crippen LogP contribution in [0.25, 0.3) is 0 Å². The van der Waals surface area contributed by atoms with Crippen molar-refractivity contribution in [3.8, 4) is 0 Å². The second-order valence-corrected chi connectivity index (χ2v) is 5.84. The van der Waals surface area contributed by atoms with Crippen LogP contribution >= 0.6 is 7.75 Å². The standard InChI is InChI=1S/C8H15BNO5P/c1-5(2)13-4-8-6(3-7(9)14-8)15-16(11,12)10-8/h5-7H,3-4H2,1-2H3,(H2,10,11,12)/t6?,7-,8-/m1/s1. The molecule has 6 nitrogen and oxygen atoms in total. The highest BCUT2D eigenvalue weighted by molar-refractivity contribution is 7.51. The number of hydrogen-bond acceptors (Lipinski definition) is 4. The molecule has 2 fully saturated rings. The Morgan fingerprint density at radius 1 is 1.75 bits per heavy atom. The van der Waals surface area contributed by atoms with Gasteiger partial charge in [-0.1, -0.05) is 0 Å². The molecule has 2 unspecified atom stereocenters. The molecule has 8 heteroatoms. The van der Waals surface area contributed by atoms with Crippen molar-refractivity contribution in [2.75, 3.05) is 6.61 Å². The molecule has 0 saturated carbocycles. The molecule has 0 spiro atoms. The summed E-state index contributed by atoms with van der Waals surface area (Å²) in [4.78, 5) is 9.36. The summed E-state index contributed by atoms with van der Waals surface area (Å²) in [7, 11) is 1.85. The third-order valence-electron chi connectivity index (χ3n) is 2.56. The Bertz CT molecular complexity index is 328. The van der Waals surface area contributed by atoms with E-state index in [1.165, 1.54) is 0 Å². The fourth-order valence-corrected chi connectivity index (χ4v) is 3.30. The molecule has 0 aromatic rings. The number of hydrogen-bond donors (Lipinski definition) is 2. The van der Waals surface area contributed by atoms with Crippen molar-refractivity contribution in [3.05, 3.63) is 0 Å². The van der Waals surface area contributed by atoms with E-state index in [0.29, 0.717) is 6.42 Å². The predicted molar refractivity (Wildman–Crippen MR) is 56.9 cm³/mol. The second kappa shape index (κ2) is 4.08. The maximum absolute atomic E-state index is 11.4. The molecule has 0 aliphatic carbocycles. The van der Waals surface area contributed by atoms with Crippen molar-refractivity contribution < 1.29 is 23.5 Å². The van der Waals surface area contributed by atoms with Gasteiger partial charge in [0, 0.05) is 6.00 Å². The highest BCUT2D eigenvalue weighted by Gasteiger charge is 2.59. The lowest BCUT2D eigenvalue weighted by molar-refractivity contribution is -0.109. The topological polar surface area (TPSA) is 77.0 Å². The number of nitrogens with one attached hydrogen (secondary N) is 1. The van der Waals surface area contributed by atoms with Crippen LogP contribution in [-0.2, 0) is 18.6 Å². The van der Waals surface area contributed by atoms with E-state index in [1.54, 1.807) is 0 Å². The Hall–Kier alpha value is 0.0949. The molecule has 2 saturated heterocycles. The maximum atomic E-state index is 11.4. The van der Waals surface area contributed by atoms with E-state index in [0.717, 1.165) is 0 Å². The van der Waals surface area contributed by atoms with Gasteiger partial charge in [-0.3, -0.25) is 4.52 Å². The van der Waals surface area contributed by atoms with Gasteiger partial charge in [-0.15, -0.1) is 0 Å². The van der Waals surface area contributed by atoms with Crippen molar-refractivity contribution >= 4 is 15.6 Å². The van der Waals surface area contributed by atoms with Crippen molar-refractivity contribution in [2.24, 2.45) is 0 Å². The molecule has 0 bridgehead atoms. The Morgan fingerprint density at radius 3 is 3.06 bits per heavy atom. The lowest BCUT2D eigenvalue weighted by Crippen LogP contribution is -2.50. The summed E-state index contributed by atoms with van der Waals surface area (Å²) < 4.78 is 27.3. The van der Waals surface area contributed by atoms with Crippen LogP contribution in [-0.4, -0.2) is 43.3 Å². The molecule has 2 aliphatic heterocycles. The summed E-state index contributed by atoms with van der Waals surface area (Å²) in [6.45, 7) is 3.87. The van der Waals surface area contributed by atoms with E-state index in [9.17, 15) is 9.46 Å². The first-order chi connectivity index (χ1) is 7.33. The Morgan fingerprint density at radius 2 is 2.44 bits per heavy atom. The molecule has 2 radical (unpaired) electrons. The van der Waals surface area contributed by atoms with E-state index < -0.39 is 25.6 Å². The second-order valence-electron chi connectivity index (χ2n) is 4.37. The first kappa shape index (κ1) is 12.5. The summed E-state index contributed by atoms with van der Waals surface area (Å²) in [6.07, 6.45) is -0.174. The van der Waals surface area contributed by atoms with Crippen LogP contribution in [0.4, 0.5) is 0 Å². The SMILES string of the molecule is [B][C@H]1CC2OP(=O)(O)N[C@]2(COC(C)C)O1. The average molecular weight is 247 g/mol. The Kier molecular flexibility index (Phi) is 3.20. The Balaban J connectivity index is 2.11. The van der Waals surface area contributed by atoms with E-state index in [2.05, 4.69) is 5.09 Å². The van der Waals surface area contributed by atoms with Gasteiger partial charge in [0.25, 0.3) is 0 Å². The van der Waals surface area contributed by atoms with Crippen LogP contribution in [0.2, 0.25) is 0 Å². The minimum absolute atomic E-state index is 0.00377. The fourth-order valence-electron chi connectivity index (χ4n) is 1.91. The van der Waals surface area contributed by atoms with Gasteiger partial charge in [0.05, 0.1) is 12.7 Å². The number of fused-ring (bicyclic) bond motifs is 1. The minimum Gasteiger partial charge on any atom is -0.374 e. The molecule has 2 heterocycles. The van der Waals surface area contributed by atoms with Crippen molar-refractivity contribution in [2.45, 2.75) is 44.2 Å². The lowest BCUT2D eigenvalue weighted by atomic mass is 9.95. The fraction of sp³-hybridized carbons (Fsp3) is 1.00. The normalized spacial score (nSPS) is 47.5. The third-order valence-corrected chi connectivity index (χ3v) is 3.76. The van der Waals surface area contributed by atoms with E-state index in [-0.39, 0.29) is 12.7 Å². The van der Waals surface area contributed by atoms with Crippen LogP contribution in [0.3, 0.4) is 0 Å². The average Bonchev–Trinajstić information content (AvgIpc) is 2.49. The maximum Gasteiger partial charge on any atom is 0.405 e. The molecule has 16 heavy (non-hydrogen) atoms. The van der Waals surface area contributed by atoms with Gasteiger partial charge in [0.1, 0.15) is 14.0 Å². The van der Waals surface area contributed by atoms with Crippen LogP contribution in [0, 0.1) is 0 Å². The van der Waals surface area contributed by atoms with Gasteiger partial charge in [0.2, 0.25) is 0 Å². The highest BCUT2D eigenvalue weighted by atomic mass is 31.2. The zero-order chi connectivity index (χ0) is 12.0. The quantitative estimate of drug-likeness (QED) is 0.544. The minimum atomic E-state index is -3.78. The molecule has 90 valence electrons. The summed E-state index contributed by atoms with van der Waals surface area (Å²) in [5.41, 5.74) is -1.09. The van der Waals surface area contributed by atoms with Gasteiger partial charge in [-0.25, -0.2) is 4.57 Å². The Labute approximate surface area is 95.6 Å². The molecular formula is C8H15BNO5P. The van der Waals surface area contributed by atoms with Gasteiger partial charge < -0.3 is 14.4 Å². The van der Waals surface area contributed by atoms with Gasteiger partial charge in [-0.05, 0) is 20.3 Å². The summed E-state index contributed by atoms with van der Waals surface area (Å²) in [6, 6.07) is -0.506. The van der Waals surface area contributed by atoms with Crippen LogP contribution in [0.1, 0.15) is 20.3 Å². The van der Waals surface area contributed by atoms with Crippen molar-refractivity contribution in [1.29, 1.82) is 0 Å². The molecule has 0 aromatic heterocycles. The van der Waals surface area contributed by atoms with E-state index in [4.69, 9.17) is 21.8 Å². The van der Waals surface area contributed by atoms with Gasteiger partial charge >= 0.3 is 7.75 Å². The molecule has 0 aromatic carbocycles. The lowest BCUT2D eigenvalue weighted by Gasteiger charge is -2.27. The van der Waals surface area contributed by atoms with E-state index in [1.807, 2.05) is 13.8 Å². The summed E-state index contributed by atoms with van der Waals surface area (Å²) in [5, 5.41) is 2.45. The van der Waals surface area contributed by atoms with E-state index >= 15 is 0 Å². The zero-order valence-corrected chi connectivity index (χ0v) is 10.1. The first-order valence-electron chi connectivity index (χ1n) is 5.19.